The maximum absolute atomic E-state index is 12.9. The van der Waals surface area contributed by atoms with Crippen molar-refractivity contribution in [2.75, 3.05) is 19.8 Å². The Morgan fingerprint density at radius 1 is 1.41 bits per heavy atom. The van der Waals surface area contributed by atoms with E-state index in [1.807, 2.05) is 0 Å². The first-order chi connectivity index (χ1) is 15.5. The summed E-state index contributed by atoms with van der Waals surface area (Å²) in [5.74, 6) is 0.885. The highest BCUT2D eigenvalue weighted by Crippen LogP contribution is 2.41. The maximum atomic E-state index is 12.9. The highest BCUT2D eigenvalue weighted by Gasteiger charge is 2.48. The second-order valence-electron chi connectivity index (χ2n) is 7.85. The second-order valence-corrected chi connectivity index (χ2v) is 7.85. The number of aliphatic hydroxyl groups excluding tert-OH is 1. The predicted octanol–water partition coefficient (Wildman–Crippen LogP) is 1.87. The van der Waals surface area contributed by atoms with Crippen LogP contribution < -0.4 is 15.0 Å². The normalized spacial score (nSPS) is 20.8. The van der Waals surface area contributed by atoms with Gasteiger partial charge in [0.1, 0.15) is 35.7 Å². The highest BCUT2D eigenvalue weighted by molar-refractivity contribution is 5.93. The minimum Gasteiger partial charge on any atom is -0.488 e. The van der Waals surface area contributed by atoms with Crippen LogP contribution in [0.2, 0.25) is 0 Å². The Morgan fingerprint density at radius 2 is 2.19 bits per heavy atom. The van der Waals surface area contributed by atoms with Gasteiger partial charge in [-0.15, -0.1) is 4.48 Å². The molecule has 0 aromatic carbocycles. The van der Waals surface area contributed by atoms with Crippen LogP contribution in [0.5, 0.6) is 5.75 Å². The fourth-order valence-electron chi connectivity index (χ4n) is 4.30. The fraction of sp³-hybridized carbons (Fsp3) is 0.409. The number of fused-ring (bicyclic) bond motifs is 1. The number of ether oxygens (including phenoxy) is 2. The highest BCUT2D eigenvalue weighted by atomic mass is 16.5. The van der Waals surface area contributed by atoms with E-state index in [1.165, 1.54) is 6.20 Å². The smallest absolute Gasteiger partial charge is 0.426 e. The minimum absolute atomic E-state index is 0.0456. The SMILES string of the molecule is N#Cc1cnc([N+]2(C(N)=O)CCCc3cc(CO)c(C=O)nc32)cc1OC1CCOCC1. The summed E-state index contributed by atoms with van der Waals surface area (Å²) in [4.78, 5) is 33.3. The molecule has 2 aliphatic rings. The van der Waals surface area contributed by atoms with Crippen LogP contribution in [-0.2, 0) is 17.8 Å². The van der Waals surface area contributed by atoms with Crippen molar-refractivity contribution in [3.05, 3.63) is 40.7 Å². The molecule has 32 heavy (non-hydrogen) atoms. The molecule has 2 amide bonds. The van der Waals surface area contributed by atoms with E-state index in [1.54, 1.807) is 12.1 Å². The van der Waals surface area contributed by atoms with Crippen molar-refractivity contribution >= 4 is 24.0 Å². The van der Waals surface area contributed by atoms with Crippen LogP contribution in [0, 0.1) is 11.3 Å². The molecular weight excluding hydrogens is 414 g/mol. The van der Waals surface area contributed by atoms with E-state index in [2.05, 4.69) is 16.0 Å². The number of aliphatic hydroxyl groups is 1. The number of hydrogen-bond donors (Lipinski definition) is 2. The molecule has 0 radical (unpaired) electrons. The number of nitriles is 1. The van der Waals surface area contributed by atoms with Gasteiger partial charge in [0.25, 0.3) is 0 Å². The summed E-state index contributed by atoms with van der Waals surface area (Å²) in [6.07, 6.45) is 4.40. The average Bonchev–Trinajstić information content (AvgIpc) is 2.83. The average molecular weight is 438 g/mol. The molecule has 0 spiro atoms. The quantitative estimate of drug-likeness (QED) is 0.531. The molecule has 1 atom stereocenters. The van der Waals surface area contributed by atoms with E-state index in [4.69, 9.17) is 15.2 Å². The number of primary amides is 1. The molecule has 4 rings (SSSR count). The van der Waals surface area contributed by atoms with Gasteiger partial charge in [-0.2, -0.15) is 10.2 Å². The van der Waals surface area contributed by atoms with Crippen molar-refractivity contribution < 1.29 is 24.2 Å². The molecule has 166 valence electrons. The number of amides is 2. The maximum Gasteiger partial charge on any atom is 0.426 e. The fourth-order valence-corrected chi connectivity index (χ4v) is 4.30. The molecule has 2 aliphatic heterocycles. The molecule has 4 heterocycles. The van der Waals surface area contributed by atoms with E-state index < -0.39 is 10.5 Å². The largest absolute Gasteiger partial charge is 0.488 e. The molecular formula is C22H24N5O5+. The van der Waals surface area contributed by atoms with Gasteiger partial charge in [0.15, 0.2) is 6.29 Å². The number of quaternary nitrogens is 1. The standard InChI is InChI=1S/C22H23N5O5/c23-10-16-11-25-20(9-19(16)32-17-3-6-31-7-4-17)27(22(24)30)5-1-2-14-8-15(12-28)18(13-29)26-21(14)27/h8-9,11,13,17,28H,1-7,12H2,(H-,24,30)/p+1. The number of pyridine rings is 2. The first-order valence-electron chi connectivity index (χ1n) is 10.5. The van der Waals surface area contributed by atoms with E-state index in [9.17, 15) is 20.0 Å². The monoisotopic (exact) mass is 438 g/mol. The number of nitrogens with zero attached hydrogens (tertiary/aromatic N) is 4. The molecule has 0 bridgehead atoms. The molecule has 0 aliphatic carbocycles. The summed E-state index contributed by atoms with van der Waals surface area (Å²) < 4.78 is 11.0. The van der Waals surface area contributed by atoms with E-state index >= 15 is 0 Å². The lowest BCUT2D eigenvalue weighted by Gasteiger charge is -2.35. The van der Waals surface area contributed by atoms with Crippen molar-refractivity contribution in [3.63, 3.8) is 0 Å². The molecule has 1 fully saturated rings. The zero-order valence-corrected chi connectivity index (χ0v) is 17.5. The van der Waals surface area contributed by atoms with Gasteiger partial charge in [0.2, 0.25) is 11.6 Å². The van der Waals surface area contributed by atoms with Crippen LogP contribution in [0.25, 0.3) is 0 Å². The topological polar surface area (TPSA) is 148 Å². The minimum atomic E-state index is -0.707. The third-order valence-corrected chi connectivity index (χ3v) is 5.98. The first kappa shape index (κ1) is 21.8. The van der Waals surface area contributed by atoms with Crippen LogP contribution in [-0.4, -0.2) is 53.3 Å². The Balaban J connectivity index is 1.85. The molecule has 10 heteroatoms. The van der Waals surface area contributed by atoms with Crippen molar-refractivity contribution in [1.29, 1.82) is 5.26 Å². The van der Waals surface area contributed by atoms with Gasteiger partial charge >= 0.3 is 6.03 Å². The zero-order chi connectivity index (χ0) is 22.7. The van der Waals surface area contributed by atoms with Crippen LogP contribution in [0.15, 0.2) is 18.3 Å². The number of urea groups is 1. The lowest BCUT2D eigenvalue weighted by Crippen LogP contribution is -2.56. The lowest BCUT2D eigenvalue weighted by atomic mass is 9.99. The molecule has 1 saturated heterocycles. The number of carbonyl (C=O) groups excluding carboxylic acids is 2. The van der Waals surface area contributed by atoms with E-state index in [-0.39, 0.29) is 29.8 Å². The Kier molecular flexibility index (Phi) is 6.14. The van der Waals surface area contributed by atoms with Gasteiger partial charge in [-0.3, -0.25) is 4.79 Å². The summed E-state index contributed by atoms with van der Waals surface area (Å²) in [6.45, 7) is 1.10. The van der Waals surface area contributed by atoms with Gasteiger partial charge in [0, 0.05) is 30.4 Å². The van der Waals surface area contributed by atoms with Crippen LogP contribution in [0.1, 0.15) is 46.4 Å². The number of carbonyl (C=O) groups is 2. The lowest BCUT2D eigenvalue weighted by molar-refractivity contribution is 0.0254. The summed E-state index contributed by atoms with van der Waals surface area (Å²) >= 11 is 0. The summed E-state index contributed by atoms with van der Waals surface area (Å²) in [5, 5.41) is 19.1. The second kappa shape index (κ2) is 9.00. The van der Waals surface area contributed by atoms with Crippen LogP contribution in [0.3, 0.4) is 0 Å². The third-order valence-electron chi connectivity index (χ3n) is 5.98. The number of nitrogens with two attached hydrogens (primary N) is 1. The Bertz CT molecular complexity index is 1090. The van der Waals surface area contributed by atoms with Gasteiger partial charge in [-0.05, 0) is 12.5 Å². The Labute approximate surface area is 184 Å². The summed E-state index contributed by atoms with van der Waals surface area (Å²) in [5.41, 5.74) is 7.30. The number of aryl methyl sites for hydroxylation is 1. The van der Waals surface area contributed by atoms with Crippen molar-refractivity contribution in [3.8, 4) is 11.8 Å². The number of aldehydes is 1. The van der Waals surface area contributed by atoms with Gasteiger partial charge in [-0.25, -0.2) is 9.78 Å². The van der Waals surface area contributed by atoms with Gasteiger partial charge in [-0.1, -0.05) is 0 Å². The number of hydrogen-bond acceptors (Lipinski definition) is 8. The molecule has 10 nitrogen and oxygen atoms in total. The van der Waals surface area contributed by atoms with Crippen molar-refractivity contribution in [1.82, 2.24) is 14.5 Å². The molecule has 1 unspecified atom stereocenters. The third kappa shape index (κ3) is 3.71. The molecule has 0 saturated carbocycles. The first-order valence-corrected chi connectivity index (χ1v) is 10.5. The number of rotatable bonds is 5. The molecule has 2 aromatic rings. The Hall–Kier alpha value is -3.39. The van der Waals surface area contributed by atoms with E-state index in [0.717, 1.165) is 0 Å². The Morgan fingerprint density at radius 3 is 2.84 bits per heavy atom. The van der Waals surface area contributed by atoms with Crippen molar-refractivity contribution in [2.24, 2.45) is 5.73 Å². The van der Waals surface area contributed by atoms with Crippen molar-refractivity contribution in [2.45, 2.75) is 38.4 Å². The van der Waals surface area contributed by atoms with Crippen LogP contribution in [0.4, 0.5) is 16.4 Å². The predicted molar refractivity (Wildman–Crippen MR) is 113 cm³/mol. The van der Waals surface area contributed by atoms with E-state index in [0.29, 0.717) is 74.4 Å². The van der Waals surface area contributed by atoms with Gasteiger partial charge < -0.3 is 20.3 Å². The molecule has 3 N–H and O–H groups in total. The zero-order valence-electron chi connectivity index (χ0n) is 17.5. The summed E-state index contributed by atoms with van der Waals surface area (Å²) in [7, 11) is 0. The number of aromatic nitrogens is 2. The molecule has 2 aromatic heterocycles. The summed E-state index contributed by atoms with van der Waals surface area (Å²) in [6, 6.07) is 4.62. The van der Waals surface area contributed by atoms with Crippen LogP contribution >= 0.6 is 0 Å². The van der Waals surface area contributed by atoms with Gasteiger partial charge in [0.05, 0.1) is 32.1 Å².